The van der Waals surface area contributed by atoms with Crippen molar-refractivity contribution in [3.8, 4) is 5.75 Å². The Labute approximate surface area is 177 Å². The van der Waals surface area contributed by atoms with Crippen LogP contribution in [-0.2, 0) is 13.6 Å². The molecular formula is C23H21N3O3S. The second-order valence-electron chi connectivity index (χ2n) is 7.04. The number of aromatic nitrogens is 2. The summed E-state index contributed by atoms with van der Waals surface area (Å²) in [6.07, 6.45) is 3.50. The van der Waals surface area contributed by atoms with Crippen molar-refractivity contribution in [1.29, 1.82) is 0 Å². The van der Waals surface area contributed by atoms with E-state index < -0.39 is 5.56 Å². The zero-order chi connectivity index (χ0) is 21.1. The molecule has 0 aliphatic heterocycles. The smallest absolute Gasteiger partial charge is 0.265 e. The van der Waals surface area contributed by atoms with Crippen LogP contribution in [0.1, 0.15) is 33.3 Å². The molecule has 0 unspecified atom stereocenters. The van der Waals surface area contributed by atoms with E-state index in [0.29, 0.717) is 17.4 Å². The minimum absolute atomic E-state index is 0.0622. The molecule has 4 aromatic rings. The number of hydrogen-bond donors (Lipinski definition) is 2. The number of carbonyl (C=O) groups is 1. The Morgan fingerprint density at radius 3 is 2.67 bits per heavy atom. The molecule has 0 aliphatic rings. The van der Waals surface area contributed by atoms with Crippen molar-refractivity contribution in [2.45, 2.75) is 19.0 Å². The second-order valence-corrected chi connectivity index (χ2v) is 8.02. The Balaban J connectivity index is 1.65. The van der Waals surface area contributed by atoms with Crippen LogP contribution in [-0.4, -0.2) is 20.4 Å². The number of benzene rings is 1. The fourth-order valence-corrected chi connectivity index (χ4v) is 4.33. The molecule has 0 aliphatic carbocycles. The first-order chi connectivity index (χ1) is 14.6. The van der Waals surface area contributed by atoms with Gasteiger partial charge in [-0.2, -0.15) is 0 Å². The predicted octanol–water partition coefficient (Wildman–Crippen LogP) is 3.80. The number of pyridine rings is 2. The molecule has 0 amide bonds. The lowest BCUT2D eigenvalue weighted by molar-refractivity contribution is 0.0964. The first-order valence-electron chi connectivity index (χ1n) is 9.56. The van der Waals surface area contributed by atoms with Crippen molar-refractivity contribution in [3.05, 3.63) is 92.7 Å². The number of fused-ring (bicyclic) bond motifs is 1. The SMILES string of the molecule is Cn1c(=O)c(C(=O)C[C@@H](NCc2ccncc2)c2cccs2)c(O)c2ccccc21. The van der Waals surface area contributed by atoms with Gasteiger partial charge in [0.25, 0.3) is 5.56 Å². The van der Waals surface area contributed by atoms with Crippen LogP contribution in [0.3, 0.4) is 0 Å². The number of aromatic hydroxyl groups is 1. The van der Waals surface area contributed by atoms with Gasteiger partial charge in [-0.15, -0.1) is 11.3 Å². The van der Waals surface area contributed by atoms with Crippen molar-refractivity contribution in [2.75, 3.05) is 0 Å². The highest BCUT2D eigenvalue weighted by molar-refractivity contribution is 7.10. The molecule has 0 radical (unpaired) electrons. The number of hydrogen-bond acceptors (Lipinski definition) is 6. The third kappa shape index (κ3) is 3.90. The van der Waals surface area contributed by atoms with Gasteiger partial charge in [-0.3, -0.25) is 14.6 Å². The third-order valence-electron chi connectivity index (χ3n) is 5.13. The molecule has 6 nitrogen and oxygen atoms in total. The van der Waals surface area contributed by atoms with E-state index >= 15 is 0 Å². The van der Waals surface area contributed by atoms with E-state index in [2.05, 4.69) is 10.3 Å². The average molecular weight is 420 g/mol. The van der Waals surface area contributed by atoms with Gasteiger partial charge in [-0.05, 0) is 41.3 Å². The van der Waals surface area contributed by atoms with Crippen LogP contribution >= 0.6 is 11.3 Å². The van der Waals surface area contributed by atoms with Gasteiger partial charge in [0, 0.05) is 48.7 Å². The summed E-state index contributed by atoms with van der Waals surface area (Å²) in [5, 5.41) is 16.6. The number of carbonyl (C=O) groups excluding carboxylic acids is 1. The van der Waals surface area contributed by atoms with Crippen LogP contribution in [0.15, 0.2) is 71.1 Å². The van der Waals surface area contributed by atoms with E-state index in [0.717, 1.165) is 10.4 Å². The predicted molar refractivity (Wildman–Crippen MR) is 118 cm³/mol. The van der Waals surface area contributed by atoms with Crippen LogP contribution < -0.4 is 10.9 Å². The number of Topliss-reactive ketones (excluding diaryl/α,β-unsaturated/α-hetero) is 1. The van der Waals surface area contributed by atoms with Gasteiger partial charge in [0.05, 0.1) is 5.52 Å². The van der Waals surface area contributed by atoms with Crippen molar-refractivity contribution in [3.63, 3.8) is 0 Å². The van der Waals surface area contributed by atoms with Crippen molar-refractivity contribution >= 4 is 28.0 Å². The number of ketones is 1. The number of rotatable bonds is 7. The number of thiophene rings is 1. The summed E-state index contributed by atoms with van der Waals surface area (Å²) in [5.41, 5.74) is 0.976. The topological polar surface area (TPSA) is 84.2 Å². The Kier molecular flexibility index (Phi) is 5.74. The van der Waals surface area contributed by atoms with Crippen LogP contribution in [0.2, 0.25) is 0 Å². The van der Waals surface area contributed by atoms with Gasteiger partial charge in [0.2, 0.25) is 0 Å². The summed E-state index contributed by atoms with van der Waals surface area (Å²) in [5.74, 6) is -0.641. The van der Waals surface area contributed by atoms with E-state index in [9.17, 15) is 14.7 Å². The number of nitrogens with one attached hydrogen (secondary N) is 1. The maximum Gasteiger partial charge on any atom is 0.265 e. The van der Waals surface area contributed by atoms with Gasteiger partial charge in [0.15, 0.2) is 5.78 Å². The quantitative estimate of drug-likeness (QED) is 0.445. The van der Waals surface area contributed by atoms with Crippen LogP contribution in [0, 0.1) is 0 Å². The molecule has 7 heteroatoms. The van der Waals surface area contributed by atoms with Gasteiger partial charge in [-0.1, -0.05) is 18.2 Å². The average Bonchev–Trinajstić information content (AvgIpc) is 3.31. The molecule has 2 N–H and O–H groups in total. The molecule has 0 bridgehead atoms. The van der Waals surface area contributed by atoms with Crippen molar-refractivity contribution in [1.82, 2.24) is 14.9 Å². The minimum atomic E-state index is -0.490. The first kappa shape index (κ1) is 20.0. The molecule has 0 saturated heterocycles. The third-order valence-corrected chi connectivity index (χ3v) is 6.12. The summed E-state index contributed by atoms with van der Waals surface area (Å²) in [7, 11) is 1.61. The van der Waals surface area contributed by atoms with Gasteiger partial charge >= 0.3 is 0 Å². The van der Waals surface area contributed by atoms with E-state index in [1.54, 1.807) is 55.0 Å². The molecule has 0 spiro atoms. The Hall–Kier alpha value is -3.29. The van der Waals surface area contributed by atoms with E-state index in [-0.39, 0.29) is 29.6 Å². The first-order valence-corrected chi connectivity index (χ1v) is 10.4. The molecule has 30 heavy (non-hydrogen) atoms. The number of para-hydroxylation sites is 1. The molecule has 152 valence electrons. The molecule has 4 rings (SSSR count). The lowest BCUT2D eigenvalue weighted by Crippen LogP contribution is -2.28. The molecule has 0 fully saturated rings. The maximum atomic E-state index is 13.2. The number of nitrogens with zero attached hydrogens (tertiary/aromatic N) is 2. The summed E-state index contributed by atoms with van der Waals surface area (Å²) in [4.78, 5) is 31.0. The molecule has 0 saturated carbocycles. The highest BCUT2D eigenvalue weighted by atomic mass is 32.1. The summed E-state index contributed by atoms with van der Waals surface area (Å²) < 4.78 is 1.41. The summed E-state index contributed by atoms with van der Waals surface area (Å²) in [6.45, 7) is 0.556. The highest BCUT2D eigenvalue weighted by Gasteiger charge is 2.25. The fourth-order valence-electron chi connectivity index (χ4n) is 3.52. The Morgan fingerprint density at radius 1 is 1.17 bits per heavy atom. The maximum absolute atomic E-state index is 13.2. The number of aryl methyl sites for hydroxylation is 1. The van der Waals surface area contributed by atoms with E-state index in [1.807, 2.05) is 29.6 Å². The minimum Gasteiger partial charge on any atom is -0.506 e. The van der Waals surface area contributed by atoms with Crippen molar-refractivity contribution < 1.29 is 9.90 Å². The second kappa shape index (κ2) is 8.61. The van der Waals surface area contributed by atoms with Crippen molar-refractivity contribution in [2.24, 2.45) is 7.05 Å². The molecule has 3 aromatic heterocycles. The monoisotopic (exact) mass is 419 g/mol. The normalized spacial score (nSPS) is 12.2. The fraction of sp³-hybridized carbons (Fsp3) is 0.174. The molecule has 1 atom stereocenters. The van der Waals surface area contributed by atoms with E-state index in [4.69, 9.17) is 0 Å². The van der Waals surface area contributed by atoms with E-state index in [1.165, 1.54) is 4.57 Å². The van der Waals surface area contributed by atoms with Crippen LogP contribution in [0.5, 0.6) is 5.75 Å². The lowest BCUT2D eigenvalue weighted by atomic mass is 10.0. The molecule has 3 heterocycles. The summed E-state index contributed by atoms with van der Waals surface area (Å²) in [6, 6.07) is 14.4. The molecular weight excluding hydrogens is 398 g/mol. The van der Waals surface area contributed by atoms with Crippen LogP contribution in [0.25, 0.3) is 10.9 Å². The summed E-state index contributed by atoms with van der Waals surface area (Å²) >= 11 is 1.54. The highest BCUT2D eigenvalue weighted by Crippen LogP contribution is 2.29. The zero-order valence-corrected chi connectivity index (χ0v) is 17.2. The van der Waals surface area contributed by atoms with Gasteiger partial charge < -0.3 is 15.0 Å². The van der Waals surface area contributed by atoms with Gasteiger partial charge in [-0.25, -0.2) is 0 Å². The van der Waals surface area contributed by atoms with Gasteiger partial charge in [0.1, 0.15) is 11.3 Å². The van der Waals surface area contributed by atoms with Crippen LogP contribution in [0.4, 0.5) is 0 Å². The largest absolute Gasteiger partial charge is 0.506 e. The Bertz CT molecular complexity index is 1230. The lowest BCUT2D eigenvalue weighted by Gasteiger charge is -2.18. The zero-order valence-electron chi connectivity index (χ0n) is 16.4. The Morgan fingerprint density at radius 2 is 1.93 bits per heavy atom. The molecule has 1 aromatic carbocycles. The standard InChI is InChI=1S/C23H21N3O3S/c1-26-18-6-3-2-5-16(18)22(28)21(23(26)29)19(27)13-17(20-7-4-12-30-20)25-14-15-8-10-24-11-9-15/h2-12,17,25,28H,13-14H2,1H3/t17-/m1/s1.